The Labute approximate surface area is 135 Å². The highest BCUT2D eigenvalue weighted by atomic mass is 35.5. The fourth-order valence-electron chi connectivity index (χ4n) is 2.51. The monoisotopic (exact) mass is 324 g/mol. The molecule has 1 aromatic carbocycles. The zero-order chi connectivity index (χ0) is 15.9. The number of benzene rings is 1. The number of carbonyl (C=O) groups excluding carboxylic acids is 2. The maximum absolute atomic E-state index is 12.0. The van der Waals surface area contributed by atoms with Crippen LogP contribution in [0.3, 0.4) is 0 Å². The van der Waals surface area contributed by atoms with Gasteiger partial charge in [-0.2, -0.15) is 0 Å². The van der Waals surface area contributed by atoms with Crippen molar-refractivity contribution in [2.75, 3.05) is 26.7 Å². The quantitative estimate of drug-likeness (QED) is 0.872. The lowest BCUT2D eigenvalue weighted by atomic mass is 10.1. The first-order valence-electron chi connectivity index (χ1n) is 7.43. The summed E-state index contributed by atoms with van der Waals surface area (Å²) >= 11 is 5.97. The van der Waals surface area contributed by atoms with E-state index in [9.17, 15) is 9.59 Å². The molecule has 22 heavy (non-hydrogen) atoms. The molecule has 5 nitrogen and oxygen atoms in total. The first-order chi connectivity index (χ1) is 10.6. The summed E-state index contributed by atoms with van der Waals surface area (Å²) in [4.78, 5) is 25.3. The Kier molecular flexibility index (Phi) is 6.21. The van der Waals surface area contributed by atoms with Gasteiger partial charge in [-0.1, -0.05) is 23.7 Å². The average molecular weight is 325 g/mol. The predicted molar refractivity (Wildman–Crippen MR) is 84.6 cm³/mol. The molecule has 2 amide bonds. The van der Waals surface area contributed by atoms with Crippen LogP contribution in [0.4, 0.5) is 0 Å². The lowest BCUT2D eigenvalue weighted by Crippen LogP contribution is -2.43. The number of halogens is 1. The van der Waals surface area contributed by atoms with Crippen LogP contribution in [0.15, 0.2) is 24.3 Å². The molecule has 6 heteroatoms. The van der Waals surface area contributed by atoms with E-state index in [4.69, 9.17) is 16.3 Å². The topological polar surface area (TPSA) is 58.6 Å². The summed E-state index contributed by atoms with van der Waals surface area (Å²) in [5.41, 5.74) is 0.907. The molecule has 1 fully saturated rings. The molecule has 1 aromatic rings. The summed E-state index contributed by atoms with van der Waals surface area (Å²) in [6.07, 6.45) is 2.15. The van der Waals surface area contributed by atoms with Crippen molar-refractivity contribution < 1.29 is 14.3 Å². The van der Waals surface area contributed by atoms with Crippen LogP contribution in [-0.4, -0.2) is 43.5 Å². The lowest BCUT2D eigenvalue weighted by Gasteiger charge is -2.26. The lowest BCUT2D eigenvalue weighted by molar-refractivity contribution is -0.137. The van der Waals surface area contributed by atoms with Crippen molar-refractivity contribution in [1.82, 2.24) is 10.2 Å². The minimum Gasteiger partial charge on any atom is -0.375 e. The number of piperidine rings is 1. The van der Waals surface area contributed by atoms with Gasteiger partial charge in [0.1, 0.15) is 0 Å². The first-order valence-corrected chi connectivity index (χ1v) is 7.80. The van der Waals surface area contributed by atoms with Crippen molar-refractivity contribution in [1.29, 1.82) is 0 Å². The Balaban J connectivity index is 1.85. The summed E-state index contributed by atoms with van der Waals surface area (Å²) in [6, 6.07) is 7.35. The largest absolute Gasteiger partial charge is 0.375 e. The average Bonchev–Trinajstić information content (AvgIpc) is 2.50. The van der Waals surface area contributed by atoms with Crippen LogP contribution in [-0.2, 0) is 14.3 Å². The van der Waals surface area contributed by atoms with Crippen LogP contribution in [0, 0.1) is 0 Å². The van der Waals surface area contributed by atoms with E-state index in [2.05, 4.69) is 5.32 Å². The molecule has 0 bridgehead atoms. The fourth-order valence-corrected chi connectivity index (χ4v) is 2.71. The molecule has 120 valence electrons. The van der Waals surface area contributed by atoms with Crippen molar-refractivity contribution >= 4 is 23.4 Å². The zero-order valence-electron chi connectivity index (χ0n) is 12.7. The molecule has 2 rings (SSSR count). The summed E-state index contributed by atoms with van der Waals surface area (Å²) < 4.78 is 5.40. The molecule has 0 aromatic heterocycles. The number of methoxy groups -OCH3 is 1. The van der Waals surface area contributed by atoms with Gasteiger partial charge in [0.2, 0.25) is 11.8 Å². The number of likely N-dealkylation sites (tertiary alicyclic amines) is 1. The van der Waals surface area contributed by atoms with Crippen molar-refractivity contribution in [3.05, 3.63) is 34.9 Å². The minimum atomic E-state index is -0.264. The molecule has 1 N–H and O–H groups in total. The van der Waals surface area contributed by atoms with Crippen molar-refractivity contribution in [2.45, 2.75) is 25.4 Å². The van der Waals surface area contributed by atoms with Crippen molar-refractivity contribution in [2.24, 2.45) is 0 Å². The van der Waals surface area contributed by atoms with E-state index in [1.54, 1.807) is 18.1 Å². The van der Waals surface area contributed by atoms with Gasteiger partial charge in [-0.05, 0) is 30.5 Å². The van der Waals surface area contributed by atoms with E-state index < -0.39 is 0 Å². The van der Waals surface area contributed by atoms with Crippen LogP contribution in [0.2, 0.25) is 5.02 Å². The highest BCUT2D eigenvalue weighted by Gasteiger charge is 2.21. The van der Waals surface area contributed by atoms with E-state index in [1.165, 1.54) is 0 Å². The normalized spacial score (nSPS) is 16.5. The third kappa shape index (κ3) is 4.71. The highest BCUT2D eigenvalue weighted by molar-refractivity contribution is 6.30. The second-order valence-electron chi connectivity index (χ2n) is 5.36. The van der Waals surface area contributed by atoms with Gasteiger partial charge in [-0.15, -0.1) is 0 Å². The SMILES string of the molecule is COC(CNC(=O)CN1CCCCC1=O)c1cccc(Cl)c1. The zero-order valence-corrected chi connectivity index (χ0v) is 13.4. The Morgan fingerprint density at radius 1 is 1.45 bits per heavy atom. The van der Waals surface area contributed by atoms with E-state index in [0.29, 0.717) is 24.5 Å². The van der Waals surface area contributed by atoms with Gasteiger partial charge in [0, 0.05) is 31.6 Å². The van der Waals surface area contributed by atoms with Gasteiger partial charge in [-0.3, -0.25) is 9.59 Å². The Morgan fingerprint density at radius 3 is 2.95 bits per heavy atom. The van der Waals surface area contributed by atoms with E-state index >= 15 is 0 Å². The molecule has 1 atom stereocenters. The van der Waals surface area contributed by atoms with Crippen LogP contribution in [0.1, 0.15) is 30.9 Å². The van der Waals surface area contributed by atoms with Gasteiger partial charge < -0.3 is 15.0 Å². The van der Waals surface area contributed by atoms with Crippen LogP contribution in [0.5, 0.6) is 0 Å². The van der Waals surface area contributed by atoms with E-state index in [0.717, 1.165) is 18.4 Å². The van der Waals surface area contributed by atoms with Crippen molar-refractivity contribution in [3.8, 4) is 0 Å². The molecule has 0 saturated carbocycles. The molecule has 1 saturated heterocycles. The number of amides is 2. The standard InChI is InChI=1S/C16H21ClN2O3/c1-22-14(12-5-4-6-13(17)9-12)10-18-15(20)11-19-8-3-2-7-16(19)21/h4-6,9,14H,2-3,7-8,10-11H2,1H3,(H,18,20). The number of ether oxygens (including phenoxy) is 1. The van der Waals surface area contributed by atoms with Gasteiger partial charge in [0.05, 0.1) is 12.6 Å². The molecule has 1 unspecified atom stereocenters. The number of hydrogen-bond acceptors (Lipinski definition) is 3. The third-order valence-corrected chi connectivity index (χ3v) is 3.98. The summed E-state index contributed by atoms with van der Waals surface area (Å²) in [5, 5.41) is 3.45. The number of nitrogens with zero attached hydrogens (tertiary/aromatic N) is 1. The third-order valence-electron chi connectivity index (χ3n) is 3.75. The number of hydrogen-bond donors (Lipinski definition) is 1. The van der Waals surface area contributed by atoms with Gasteiger partial charge in [-0.25, -0.2) is 0 Å². The van der Waals surface area contributed by atoms with Crippen molar-refractivity contribution in [3.63, 3.8) is 0 Å². The molecule has 1 heterocycles. The molecule has 0 spiro atoms. The second-order valence-corrected chi connectivity index (χ2v) is 5.79. The summed E-state index contributed by atoms with van der Waals surface area (Å²) in [7, 11) is 1.59. The molecule has 1 aliphatic heterocycles. The van der Waals surface area contributed by atoms with E-state index in [-0.39, 0.29) is 24.5 Å². The molecular weight excluding hydrogens is 304 g/mol. The molecule has 1 aliphatic rings. The van der Waals surface area contributed by atoms with E-state index in [1.807, 2.05) is 18.2 Å². The van der Waals surface area contributed by atoms with Gasteiger partial charge in [0.15, 0.2) is 0 Å². The fraction of sp³-hybridized carbons (Fsp3) is 0.500. The predicted octanol–water partition coefficient (Wildman–Crippen LogP) is 2.16. The summed E-state index contributed by atoms with van der Waals surface area (Å²) in [5.74, 6) is -0.112. The number of carbonyl (C=O) groups is 2. The second kappa shape index (κ2) is 8.15. The maximum atomic E-state index is 12.0. The highest BCUT2D eigenvalue weighted by Crippen LogP contribution is 2.19. The molecular formula is C16H21ClN2O3. The van der Waals surface area contributed by atoms with Crippen LogP contribution >= 0.6 is 11.6 Å². The van der Waals surface area contributed by atoms with Gasteiger partial charge >= 0.3 is 0 Å². The minimum absolute atomic E-state index is 0.0551. The summed E-state index contributed by atoms with van der Waals surface area (Å²) in [6.45, 7) is 1.12. The maximum Gasteiger partial charge on any atom is 0.239 e. The molecule has 0 aliphatic carbocycles. The first kappa shape index (κ1) is 16.8. The number of nitrogens with one attached hydrogen (secondary N) is 1. The van der Waals surface area contributed by atoms with Gasteiger partial charge in [0.25, 0.3) is 0 Å². The Bertz CT molecular complexity index is 536. The Hall–Kier alpha value is -1.59. The number of rotatable bonds is 6. The Morgan fingerprint density at radius 2 is 2.27 bits per heavy atom. The molecule has 0 radical (unpaired) electrons. The van der Waals surface area contributed by atoms with Crippen LogP contribution < -0.4 is 5.32 Å². The smallest absolute Gasteiger partial charge is 0.239 e. The van der Waals surface area contributed by atoms with Crippen LogP contribution in [0.25, 0.3) is 0 Å².